The molecule has 5 heteroatoms. The quantitative estimate of drug-likeness (QED) is 0.773. The lowest BCUT2D eigenvalue weighted by Crippen LogP contribution is -2.13. The van der Waals surface area contributed by atoms with E-state index in [1.165, 1.54) is 20.0 Å². The van der Waals surface area contributed by atoms with E-state index in [4.69, 9.17) is 5.21 Å². The number of rotatable bonds is 2. The summed E-state index contributed by atoms with van der Waals surface area (Å²) >= 11 is 0. The fraction of sp³-hybridized carbons (Fsp3) is 0.400. The number of nitrogens with zero attached hydrogens (tertiary/aromatic N) is 1. The van der Waals surface area contributed by atoms with E-state index in [0.717, 1.165) is 11.1 Å². The third-order valence-electron chi connectivity index (χ3n) is 2.02. The van der Waals surface area contributed by atoms with Crippen molar-refractivity contribution in [3.8, 4) is 0 Å². The number of alkyl halides is 3. The van der Waals surface area contributed by atoms with Crippen molar-refractivity contribution in [1.82, 2.24) is 5.06 Å². The van der Waals surface area contributed by atoms with Gasteiger partial charge in [0.05, 0.1) is 5.56 Å². The predicted molar refractivity (Wildman–Crippen MR) is 49.4 cm³/mol. The van der Waals surface area contributed by atoms with Gasteiger partial charge < -0.3 is 5.21 Å². The second-order valence-electron chi connectivity index (χ2n) is 3.46. The molecule has 0 aliphatic heterocycles. The molecule has 1 aromatic carbocycles. The van der Waals surface area contributed by atoms with Crippen molar-refractivity contribution < 1.29 is 18.4 Å². The summed E-state index contributed by atoms with van der Waals surface area (Å²) in [6.45, 7) is 1.48. The molecule has 0 spiro atoms. The van der Waals surface area contributed by atoms with Gasteiger partial charge in [-0.3, -0.25) is 0 Å². The van der Waals surface area contributed by atoms with E-state index in [2.05, 4.69) is 0 Å². The summed E-state index contributed by atoms with van der Waals surface area (Å²) in [7, 11) is 1.38. The molecule has 0 unspecified atom stereocenters. The topological polar surface area (TPSA) is 23.5 Å². The zero-order chi connectivity index (χ0) is 11.6. The minimum absolute atomic E-state index is 0.0728. The molecular weight excluding hydrogens is 207 g/mol. The summed E-state index contributed by atoms with van der Waals surface area (Å²) in [6.07, 6.45) is -4.34. The Balaban J connectivity index is 3.06. The average Bonchev–Trinajstić information content (AvgIpc) is 2.05. The van der Waals surface area contributed by atoms with Crippen molar-refractivity contribution in [2.75, 3.05) is 7.05 Å². The van der Waals surface area contributed by atoms with Gasteiger partial charge in [0.15, 0.2) is 0 Å². The highest BCUT2D eigenvalue weighted by molar-refractivity contribution is 5.33. The normalized spacial score (nSPS) is 12.2. The molecule has 0 heterocycles. The molecule has 0 bridgehead atoms. The highest BCUT2D eigenvalue weighted by atomic mass is 19.4. The molecule has 0 amide bonds. The molecular formula is C10H12F3NO. The van der Waals surface area contributed by atoms with E-state index in [1.54, 1.807) is 6.07 Å². The summed E-state index contributed by atoms with van der Waals surface area (Å²) in [5, 5.41) is 9.76. The SMILES string of the molecule is Cc1ccc(CN(C)O)cc1C(F)(F)F. The van der Waals surface area contributed by atoms with Gasteiger partial charge >= 0.3 is 6.18 Å². The third kappa shape index (κ3) is 3.21. The van der Waals surface area contributed by atoms with Crippen molar-refractivity contribution >= 4 is 0 Å². The van der Waals surface area contributed by atoms with Gasteiger partial charge in [0, 0.05) is 13.6 Å². The van der Waals surface area contributed by atoms with Gasteiger partial charge in [0.25, 0.3) is 0 Å². The zero-order valence-corrected chi connectivity index (χ0v) is 8.47. The number of hydrogen-bond acceptors (Lipinski definition) is 2. The molecule has 1 aromatic rings. The molecule has 2 nitrogen and oxygen atoms in total. The fourth-order valence-electron chi connectivity index (χ4n) is 1.34. The molecule has 0 atom stereocenters. The Morgan fingerprint density at radius 3 is 2.40 bits per heavy atom. The van der Waals surface area contributed by atoms with E-state index in [-0.39, 0.29) is 12.1 Å². The van der Waals surface area contributed by atoms with Gasteiger partial charge in [-0.2, -0.15) is 18.2 Å². The number of halogens is 3. The first-order valence-electron chi connectivity index (χ1n) is 4.37. The van der Waals surface area contributed by atoms with Crippen LogP contribution in [0.15, 0.2) is 18.2 Å². The van der Waals surface area contributed by atoms with Gasteiger partial charge in [-0.25, -0.2) is 0 Å². The molecule has 1 N–H and O–H groups in total. The molecule has 15 heavy (non-hydrogen) atoms. The Bertz CT molecular complexity index is 347. The van der Waals surface area contributed by atoms with Crippen molar-refractivity contribution in [3.63, 3.8) is 0 Å². The first-order chi connectivity index (χ1) is 6.80. The van der Waals surface area contributed by atoms with Crippen LogP contribution in [-0.4, -0.2) is 17.3 Å². The summed E-state index contributed by atoms with van der Waals surface area (Å²) in [6, 6.07) is 4.03. The second-order valence-corrected chi connectivity index (χ2v) is 3.46. The third-order valence-corrected chi connectivity index (χ3v) is 2.02. The highest BCUT2D eigenvalue weighted by Gasteiger charge is 2.32. The minimum Gasteiger partial charge on any atom is -0.314 e. The average molecular weight is 219 g/mol. The molecule has 0 fully saturated rings. The Labute approximate surface area is 85.9 Å². The molecule has 0 aliphatic rings. The first-order valence-corrected chi connectivity index (χ1v) is 4.37. The van der Waals surface area contributed by atoms with Crippen LogP contribution in [0.3, 0.4) is 0 Å². The van der Waals surface area contributed by atoms with Crippen LogP contribution < -0.4 is 0 Å². The maximum atomic E-state index is 12.5. The van der Waals surface area contributed by atoms with E-state index >= 15 is 0 Å². The van der Waals surface area contributed by atoms with Gasteiger partial charge in [0.1, 0.15) is 0 Å². The number of benzene rings is 1. The lowest BCUT2D eigenvalue weighted by molar-refractivity contribution is -0.138. The number of aryl methyl sites for hydroxylation is 1. The van der Waals surface area contributed by atoms with E-state index < -0.39 is 11.7 Å². The van der Waals surface area contributed by atoms with Crippen LogP contribution in [0.5, 0.6) is 0 Å². The standard InChI is InChI=1S/C10H12F3NO/c1-7-3-4-8(6-14(2)15)5-9(7)10(11,12)13/h3-5,15H,6H2,1-2H3. The largest absolute Gasteiger partial charge is 0.416 e. The van der Waals surface area contributed by atoms with Crippen LogP contribution in [0.25, 0.3) is 0 Å². The molecule has 84 valence electrons. The van der Waals surface area contributed by atoms with Crippen molar-refractivity contribution in [2.45, 2.75) is 19.6 Å². The van der Waals surface area contributed by atoms with Crippen LogP contribution in [0.2, 0.25) is 0 Å². The van der Waals surface area contributed by atoms with Gasteiger partial charge in [0.2, 0.25) is 0 Å². The van der Waals surface area contributed by atoms with E-state index in [9.17, 15) is 13.2 Å². The summed E-state index contributed by atoms with van der Waals surface area (Å²) in [5.41, 5.74) is -0.0355. The monoisotopic (exact) mass is 219 g/mol. The van der Waals surface area contributed by atoms with Crippen LogP contribution >= 0.6 is 0 Å². The lowest BCUT2D eigenvalue weighted by Gasteiger charge is -2.13. The molecule has 0 aliphatic carbocycles. The summed E-state index contributed by atoms with van der Waals surface area (Å²) in [4.78, 5) is 0. The highest BCUT2D eigenvalue weighted by Crippen LogP contribution is 2.32. The van der Waals surface area contributed by atoms with Gasteiger partial charge in [-0.15, -0.1) is 0 Å². The minimum atomic E-state index is -4.34. The van der Waals surface area contributed by atoms with Crippen molar-refractivity contribution in [2.24, 2.45) is 0 Å². The van der Waals surface area contributed by atoms with Crippen LogP contribution in [0.4, 0.5) is 13.2 Å². The van der Waals surface area contributed by atoms with Crippen molar-refractivity contribution in [3.05, 3.63) is 34.9 Å². The molecule has 1 rings (SSSR count). The molecule has 0 radical (unpaired) electrons. The van der Waals surface area contributed by atoms with Crippen LogP contribution in [-0.2, 0) is 12.7 Å². The summed E-state index contributed by atoms with van der Waals surface area (Å²) in [5.74, 6) is 0. The Hall–Kier alpha value is -1.07. The van der Waals surface area contributed by atoms with Crippen LogP contribution in [0, 0.1) is 6.92 Å². The van der Waals surface area contributed by atoms with Gasteiger partial charge in [-0.05, 0) is 24.1 Å². The molecule has 0 saturated heterocycles. The Morgan fingerprint density at radius 2 is 1.93 bits per heavy atom. The summed E-state index contributed by atoms with van der Waals surface area (Å²) < 4.78 is 37.5. The first kappa shape index (κ1) is 12.0. The molecule has 0 aromatic heterocycles. The number of hydroxylamine groups is 2. The Morgan fingerprint density at radius 1 is 1.33 bits per heavy atom. The fourth-order valence-corrected chi connectivity index (χ4v) is 1.34. The van der Waals surface area contributed by atoms with E-state index in [1.807, 2.05) is 0 Å². The second kappa shape index (κ2) is 4.20. The molecule has 0 saturated carbocycles. The zero-order valence-electron chi connectivity index (χ0n) is 8.47. The number of hydrogen-bond donors (Lipinski definition) is 1. The maximum absolute atomic E-state index is 12.5. The van der Waals surface area contributed by atoms with Crippen LogP contribution in [0.1, 0.15) is 16.7 Å². The predicted octanol–water partition coefficient (Wildman–Crippen LogP) is 2.83. The lowest BCUT2D eigenvalue weighted by atomic mass is 10.0. The Kier molecular flexibility index (Phi) is 3.36. The maximum Gasteiger partial charge on any atom is 0.416 e. The smallest absolute Gasteiger partial charge is 0.314 e. The van der Waals surface area contributed by atoms with Gasteiger partial charge in [-0.1, -0.05) is 12.1 Å². The van der Waals surface area contributed by atoms with E-state index in [0.29, 0.717) is 5.56 Å². The van der Waals surface area contributed by atoms with Crippen molar-refractivity contribution in [1.29, 1.82) is 0 Å².